The lowest BCUT2D eigenvalue weighted by molar-refractivity contribution is -0.207. The van der Waals surface area contributed by atoms with Crippen LogP contribution in [-0.2, 0) is 0 Å². The number of pyridine rings is 1. The molecule has 0 radical (unpaired) electrons. The molecule has 78 valence electrons. The van der Waals surface area contributed by atoms with Crippen LogP contribution in [0.15, 0.2) is 12.3 Å². The maximum absolute atomic E-state index is 12.0. The third-order valence-corrected chi connectivity index (χ3v) is 1.91. The molecule has 1 atom stereocenters. The first-order valence-electron chi connectivity index (χ1n) is 3.38. The first-order valence-corrected chi connectivity index (χ1v) is 4.13. The van der Waals surface area contributed by atoms with Gasteiger partial charge in [-0.15, -0.1) is 0 Å². The van der Waals surface area contributed by atoms with E-state index >= 15 is 0 Å². The minimum absolute atomic E-state index is 0.105. The van der Waals surface area contributed by atoms with E-state index in [-0.39, 0.29) is 10.0 Å². The molecule has 1 aromatic heterocycles. The van der Waals surface area contributed by atoms with Crippen LogP contribution in [0.2, 0.25) is 10.0 Å². The van der Waals surface area contributed by atoms with Crippen molar-refractivity contribution in [3.05, 3.63) is 28.0 Å². The van der Waals surface area contributed by atoms with Crippen LogP contribution < -0.4 is 0 Å². The average Bonchev–Trinajstić information content (AvgIpc) is 2.01. The van der Waals surface area contributed by atoms with E-state index in [4.69, 9.17) is 28.3 Å². The van der Waals surface area contributed by atoms with Gasteiger partial charge in [-0.25, -0.2) is 0 Å². The molecule has 1 rings (SSSR count). The lowest BCUT2D eigenvalue weighted by Gasteiger charge is -2.14. The zero-order valence-corrected chi connectivity index (χ0v) is 8.03. The second-order valence-electron chi connectivity index (χ2n) is 2.46. The molecule has 0 aromatic carbocycles. The summed E-state index contributed by atoms with van der Waals surface area (Å²) in [6.45, 7) is 0. The predicted molar refractivity (Wildman–Crippen MR) is 45.3 cm³/mol. The molecule has 14 heavy (non-hydrogen) atoms. The Balaban J connectivity index is 3.08. The van der Waals surface area contributed by atoms with E-state index in [1.54, 1.807) is 0 Å². The Morgan fingerprint density at radius 2 is 1.93 bits per heavy atom. The first-order chi connectivity index (χ1) is 6.32. The molecule has 0 aliphatic rings. The number of hydrogen-bond donors (Lipinski definition) is 1. The molecule has 7 heteroatoms. The van der Waals surface area contributed by atoms with Gasteiger partial charge in [0.25, 0.3) is 0 Å². The van der Waals surface area contributed by atoms with E-state index < -0.39 is 18.0 Å². The Morgan fingerprint density at radius 3 is 2.36 bits per heavy atom. The largest absolute Gasteiger partial charge is 0.420 e. The van der Waals surface area contributed by atoms with Gasteiger partial charge in [-0.1, -0.05) is 23.2 Å². The molecular formula is C7H4Cl2F3NO. The van der Waals surface area contributed by atoms with Crippen molar-refractivity contribution in [2.24, 2.45) is 0 Å². The summed E-state index contributed by atoms with van der Waals surface area (Å²) < 4.78 is 36.1. The summed E-state index contributed by atoms with van der Waals surface area (Å²) in [5, 5.41) is 8.60. The molecule has 0 aliphatic heterocycles. The van der Waals surface area contributed by atoms with Crippen LogP contribution in [0, 0.1) is 0 Å². The monoisotopic (exact) mass is 245 g/mol. The Morgan fingerprint density at radius 1 is 1.36 bits per heavy atom. The third kappa shape index (κ3) is 2.50. The zero-order valence-electron chi connectivity index (χ0n) is 6.52. The Bertz CT molecular complexity index is 342. The summed E-state index contributed by atoms with van der Waals surface area (Å²) in [7, 11) is 0. The topological polar surface area (TPSA) is 33.1 Å². The summed E-state index contributed by atoms with van der Waals surface area (Å²) in [6, 6.07) is 1.08. The van der Waals surface area contributed by atoms with Crippen LogP contribution in [0.25, 0.3) is 0 Å². The molecule has 1 unspecified atom stereocenters. The van der Waals surface area contributed by atoms with E-state index in [9.17, 15) is 13.2 Å². The van der Waals surface area contributed by atoms with Crippen LogP contribution in [0.5, 0.6) is 0 Å². The normalized spacial score (nSPS) is 14.1. The van der Waals surface area contributed by atoms with Gasteiger partial charge in [-0.05, 0) is 6.07 Å². The van der Waals surface area contributed by atoms with Crippen molar-refractivity contribution in [1.82, 2.24) is 4.98 Å². The Hall–Kier alpha value is -0.520. The molecule has 0 spiro atoms. The number of nitrogens with zero attached hydrogens (tertiary/aromatic N) is 1. The quantitative estimate of drug-likeness (QED) is 0.826. The van der Waals surface area contributed by atoms with Crippen LogP contribution in [0.4, 0.5) is 13.2 Å². The summed E-state index contributed by atoms with van der Waals surface area (Å²) in [6.07, 6.45) is -6.49. The van der Waals surface area contributed by atoms with Crippen molar-refractivity contribution in [2.45, 2.75) is 12.3 Å². The lowest BCUT2D eigenvalue weighted by Crippen LogP contribution is -2.21. The summed E-state index contributed by atoms with van der Waals surface area (Å²) in [5.41, 5.74) is -0.649. The molecule has 1 N–H and O–H groups in total. The summed E-state index contributed by atoms with van der Waals surface area (Å²) in [5.74, 6) is 0. The highest BCUT2D eigenvalue weighted by Crippen LogP contribution is 2.35. The second kappa shape index (κ2) is 3.92. The van der Waals surface area contributed by atoms with E-state index in [1.807, 2.05) is 0 Å². The Kier molecular flexibility index (Phi) is 3.24. The van der Waals surface area contributed by atoms with E-state index in [1.165, 1.54) is 0 Å². The van der Waals surface area contributed by atoms with E-state index in [0.29, 0.717) is 0 Å². The van der Waals surface area contributed by atoms with E-state index in [0.717, 1.165) is 12.3 Å². The second-order valence-corrected chi connectivity index (χ2v) is 3.31. The van der Waals surface area contributed by atoms with Gasteiger partial charge in [-0.2, -0.15) is 13.2 Å². The highest BCUT2D eigenvalue weighted by molar-refractivity contribution is 6.34. The Labute approximate surface area is 87.3 Å². The molecule has 0 aliphatic carbocycles. The molecular weight excluding hydrogens is 242 g/mol. The van der Waals surface area contributed by atoms with Crippen molar-refractivity contribution in [3.8, 4) is 0 Å². The first kappa shape index (κ1) is 11.6. The summed E-state index contributed by atoms with van der Waals surface area (Å²) >= 11 is 10.8. The van der Waals surface area contributed by atoms with Crippen molar-refractivity contribution >= 4 is 23.2 Å². The lowest BCUT2D eigenvalue weighted by atomic mass is 10.2. The highest BCUT2D eigenvalue weighted by Gasteiger charge is 2.41. The van der Waals surface area contributed by atoms with Gasteiger partial charge in [0.1, 0.15) is 0 Å². The van der Waals surface area contributed by atoms with Crippen LogP contribution in [0.1, 0.15) is 11.8 Å². The molecule has 0 saturated heterocycles. The van der Waals surface area contributed by atoms with Gasteiger partial charge in [0.15, 0.2) is 6.10 Å². The van der Waals surface area contributed by atoms with Gasteiger partial charge in [0, 0.05) is 6.20 Å². The van der Waals surface area contributed by atoms with E-state index in [2.05, 4.69) is 4.98 Å². The van der Waals surface area contributed by atoms with Crippen molar-refractivity contribution in [2.75, 3.05) is 0 Å². The number of rotatable bonds is 1. The number of halogens is 5. The minimum atomic E-state index is -4.79. The van der Waals surface area contributed by atoms with Crippen LogP contribution in [-0.4, -0.2) is 16.3 Å². The average molecular weight is 246 g/mol. The summed E-state index contributed by atoms with van der Waals surface area (Å²) in [4.78, 5) is 3.31. The van der Waals surface area contributed by atoms with Crippen molar-refractivity contribution in [1.29, 1.82) is 0 Å². The van der Waals surface area contributed by atoms with Crippen molar-refractivity contribution < 1.29 is 18.3 Å². The number of aliphatic hydroxyl groups excluding tert-OH is 1. The molecule has 2 nitrogen and oxygen atoms in total. The fourth-order valence-electron chi connectivity index (χ4n) is 0.781. The predicted octanol–water partition coefficient (Wildman–Crippen LogP) is 2.98. The fourth-order valence-corrected chi connectivity index (χ4v) is 1.26. The number of aromatic nitrogens is 1. The van der Waals surface area contributed by atoms with Gasteiger partial charge >= 0.3 is 6.18 Å². The zero-order chi connectivity index (χ0) is 10.9. The molecule has 1 heterocycles. The maximum atomic E-state index is 12.0. The number of hydrogen-bond acceptors (Lipinski definition) is 2. The van der Waals surface area contributed by atoms with Crippen LogP contribution >= 0.6 is 23.2 Å². The third-order valence-electron chi connectivity index (χ3n) is 1.41. The molecule has 0 fully saturated rings. The molecule has 0 saturated carbocycles. The van der Waals surface area contributed by atoms with Crippen LogP contribution in [0.3, 0.4) is 0 Å². The standard InChI is InChI=1S/C7H4Cl2F3NO/c8-3-1-4(9)5(13-2-3)6(14)7(10,11)12/h1-2,6,14H. The molecule has 0 amide bonds. The van der Waals surface area contributed by atoms with Gasteiger partial charge in [0.05, 0.1) is 15.7 Å². The van der Waals surface area contributed by atoms with Gasteiger partial charge in [-0.3, -0.25) is 4.98 Å². The fraction of sp³-hybridized carbons (Fsp3) is 0.286. The smallest absolute Gasteiger partial charge is 0.378 e. The number of aliphatic hydroxyl groups is 1. The van der Waals surface area contributed by atoms with Gasteiger partial charge < -0.3 is 5.11 Å². The maximum Gasteiger partial charge on any atom is 0.420 e. The SMILES string of the molecule is OC(c1ncc(Cl)cc1Cl)C(F)(F)F. The highest BCUT2D eigenvalue weighted by atomic mass is 35.5. The molecule has 1 aromatic rings. The van der Waals surface area contributed by atoms with Crippen molar-refractivity contribution in [3.63, 3.8) is 0 Å². The molecule has 0 bridgehead atoms. The minimum Gasteiger partial charge on any atom is -0.378 e. The van der Waals surface area contributed by atoms with Gasteiger partial charge in [0.2, 0.25) is 0 Å². The number of alkyl halides is 3.